The maximum absolute atomic E-state index is 12.1. The lowest BCUT2D eigenvalue weighted by molar-refractivity contribution is -0.147. The van der Waals surface area contributed by atoms with Crippen molar-refractivity contribution in [3.63, 3.8) is 0 Å². The highest BCUT2D eigenvalue weighted by molar-refractivity contribution is 5.84. The Balaban J connectivity index is 3.28. The third-order valence-electron chi connectivity index (χ3n) is 2.38. The van der Waals surface area contributed by atoms with Crippen molar-refractivity contribution in [3.8, 4) is 5.75 Å². The number of carboxylic acids is 1. The lowest BCUT2D eigenvalue weighted by Crippen LogP contribution is -2.14. The van der Waals surface area contributed by atoms with Gasteiger partial charge in [-0.25, -0.2) is 4.79 Å². The molecule has 18 heavy (non-hydrogen) atoms. The van der Waals surface area contributed by atoms with Crippen LogP contribution in [0.25, 0.3) is 0 Å². The van der Waals surface area contributed by atoms with Crippen LogP contribution in [0.5, 0.6) is 5.75 Å². The predicted molar refractivity (Wildman–Crippen MR) is 55.8 cm³/mol. The van der Waals surface area contributed by atoms with Crippen molar-refractivity contribution >= 4 is 12.3 Å². The highest BCUT2D eigenvalue weighted by Crippen LogP contribution is 2.28. The molecule has 1 atom stereocenters. The number of carbonyl (C=O) groups is 2. The van der Waals surface area contributed by atoms with Gasteiger partial charge in [0.1, 0.15) is 5.75 Å². The first-order valence-electron chi connectivity index (χ1n) is 4.82. The van der Waals surface area contributed by atoms with Crippen LogP contribution in [-0.4, -0.2) is 29.1 Å². The fraction of sp³-hybridized carbons (Fsp3) is 0.273. The molecule has 0 aliphatic heterocycles. The summed E-state index contributed by atoms with van der Waals surface area (Å²) in [6, 6.07) is 2.14. The number of alkyl halides is 2. The lowest BCUT2D eigenvalue weighted by atomic mass is 9.98. The molecule has 0 radical (unpaired) electrons. The molecule has 0 aliphatic carbocycles. The second-order valence-electron chi connectivity index (χ2n) is 3.43. The number of halogens is 2. The largest absolute Gasteiger partial charge is 0.479 e. The van der Waals surface area contributed by atoms with Crippen molar-refractivity contribution in [2.24, 2.45) is 0 Å². The van der Waals surface area contributed by atoms with Gasteiger partial charge in [-0.1, -0.05) is 6.07 Å². The summed E-state index contributed by atoms with van der Waals surface area (Å²) in [7, 11) is 0. The minimum atomic E-state index is -3.10. The highest BCUT2D eigenvalue weighted by Gasteiger charge is 2.22. The number of aliphatic hydroxyl groups is 1. The molecule has 2 N–H and O–H groups in total. The van der Waals surface area contributed by atoms with Crippen LogP contribution in [0, 0.1) is 6.92 Å². The number of benzene rings is 1. The third kappa shape index (κ3) is 2.80. The SMILES string of the molecule is Cc1c(C(O)C(=O)O)ccc(OC(F)F)c1C=O. The van der Waals surface area contributed by atoms with Gasteiger partial charge in [-0.15, -0.1) is 0 Å². The number of carboxylic acid groups (broad SMARTS) is 1. The van der Waals surface area contributed by atoms with Gasteiger partial charge < -0.3 is 14.9 Å². The van der Waals surface area contributed by atoms with Crippen LogP contribution in [0.15, 0.2) is 12.1 Å². The van der Waals surface area contributed by atoms with Crippen molar-refractivity contribution < 1.29 is 33.3 Å². The van der Waals surface area contributed by atoms with E-state index in [4.69, 9.17) is 5.11 Å². The van der Waals surface area contributed by atoms with Gasteiger partial charge in [0.05, 0.1) is 5.56 Å². The number of aliphatic hydroxyl groups excluding tert-OH is 1. The summed E-state index contributed by atoms with van der Waals surface area (Å²) in [5, 5.41) is 18.0. The quantitative estimate of drug-likeness (QED) is 0.784. The van der Waals surface area contributed by atoms with E-state index in [-0.39, 0.29) is 28.7 Å². The molecule has 1 aromatic carbocycles. The Kier molecular flexibility index (Phi) is 4.33. The molecule has 1 rings (SSSR count). The summed E-state index contributed by atoms with van der Waals surface area (Å²) in [4.78, 5) is 21.4. The van der Waals surface area contributed by atoms with E-state index < -0.39 is 18.7 Å². The van der Waals surface area contributed by atoms with Crippen LogP contribution in [0.1, 0.15) is 27.6 Å². The van der Waals surface area contributed by atoms with E-state index >= 15 is 0 Å². The summed E-state index contributed by atoms with van der Waals surface area (Å²) < 4.78 is 28.3. The molecule has 1 aromatic rings. The first kappa shape index (κ1) is 14.0. The average molecular weight is 260 g/mol. The van der Waals surface area contributed by atoms with Gasteiger partial charge in [-0.05, 0) is 24.1 Å². The van der Waals surface area contributed by atoms with Crippen LogP contribution in [0.4, 0.5) is 8.78 Å². The summed E-state index contributed by atoms with van der Waals surface area (Å²) in [6.07, 6.45) is -1.56. The van der Waals surface area contributed by atoms with Crippen LogP contribution in [-0.2, 0) is 4.79 Å². The van der Waals surface area contributed by atoms with E-state index in [1.807, 2.05) is 0 Å². The van der Waals surface area contributed by atoms with E-state index in [1.165, 1.54) is 6.92 Å². The topological polar surface area (TPSA) is 83.8 Å². The summed E-state index contributed by atoms with van der Waals surface area (Å²) in [5.41, 5.74) is -0.183. The van der Waals surface area contributed by atoms with Gasteiger partial charge in [0.15, 0.2) is 12.4 Å². The van der Waals surface area contributed by atoms with Crippen LogP contribution < -0.4 is 4.74 Å². The van der Waals surface area contributed by atoms with Gasteiger partial charge in [0.25, 0.3) is 0 Å². The predicted octanol–water partition coefficient (Wildman–Crippen LogP) is 1.53. The second kappa shape index (κ2) is 5.54. The Bertz CT molecular complexity index is 473. The van der Waals surface area contributed by atoms with Crippen LogP contribution in [0.3, 0.4) is 0 Å². The maximum Gasteiger partial charge on any atom is 0.387 e. The Hall–Kier alpha value is -2.02. The highest BCUT2D eigenvalue weighted by atomic mass is 19.3. The third-order valence-corrected chi connectivity index (χ3v) is 2.38. The van der Waals surface area contributed by atoms with Crippen molar-refractivity contribution in [2.75, 3.05) is 0 Å². The maximum atomic E-state index is 12.1. The molecule has 0 fully saturated rings. The normalized spacial score (nSPS) is 12.3. The summed E-state index contributed by atoms with van der Waals surface area (Å²) >= 11 is 0. The Morgan fingerprint density at radius 1 is 1.44 bits per heavy atom. The number of hydrogen-bond acceptors (Lipinski definition) is 4. The van der Waals surface area contributed by atoms with Crippen molar-refractivity contribution in [3.05, 3.63) is 28.8 Å². The van der Waals surface area contributed by atoms with Gasteiger partial charge in [-0.3, -0.25) is 4.79 Å². The van der Waals surface area contributed by atoms with Crippen molar-refractivity contribution in [1.29, 1.82) is 0 Å². The van der Waals surface area contributed by atoms with E-state index in [0.717, 1.165) is 12.1 Å². The number of rotatable bonds is 5. The first-order valence-corrected chi connectivity index (χ1v) is 4.82. The molecule has 7 heteroatoms. The minimum absolute atomic E-state index is 0.0498. The number of ether oxygens (including phenoxy) is 1. The first-order chi connectivity index (χ1) is 8.38. The van der Waals surface area contributed by atoms with E-state index in [0.29, 0.717) is 0 Å². The molecule has 98 valence electrons. The van der Waals surface area contributed by atoms with Crippen LogP contribution in [0.2, 0.25) is 0 Å². The molecule has 0 amide bonds. The Labute approximate surface area is 101 Å². The monoisotopic (exact) mass is 260 g/mol. The smallest absolute Gasteiger partial charge is 0.387 e. The van der Waals surface area contributed by atoms with Crippen molar-refractivity contribution in [2.45, 2.75) is 19.6 Å². The van der Waals surface area contributed by atoms with Crippen LogP contribution >= 0.6 is 0 Å². The fourth-order valence-corrected chi connectivity index (χ4v) is 1.50. The van der Waals surface area contributed by atoms with Gasteiger partial charge in [-0.2, -0.15) is 8.78 Å². The van der Waals surface area contributed by atoms with Crippen molar-refractivity contribution in [1.82, 2.24) is 0 Å². The molecule has 0 saturated heterocycles. The van der Waals surface area contributed by atoms with E-state index in [1.54, 1.807) is 0 Å². The lowest BCUT2D eigenvalue weighted by Gasteiger charge is -2.14. The summed E-state index contributed by atoms with van der Waals surface area (Å²) in [5.74, 6) is -1.86. The molecule has 0 bridgehead atoms. The molecule has 0 aliphatic rings. The average Bonchev–Trinajstić information content (AvgIpc) is 2.28. The molecule has 5 nitrogen and oxygen atoms in total. The molecular weight excluding hydrogens is 250 g/mol. The zero-order chi connectivity index (χ0) is 13.9. The number of hydrogen-bond donors (Lipinski definition) is 2. The molecule has 0 aromatic heterocycles. The minimum Gasteiger partial charge on any atom is -0.479 e. The molecule has 0 spiro atoms. The number of aldehydes is 1. The number of aliphatic carboxylic acids is 1. The standard InChI is InChI=1S/C11H10F2O5/c1-5-6(9(15)10(16)17)2-3-8(7(5)4-14)18-11(12)13/h2-4,9,11,15H,1H3,(H,16,17). The molecular formula is C11H10F2O5. The molecule has 1 unspecified atom stereocenters. The molecule has 0 saturated carbocycles. The van der Waals surface area contributed by atoms with Gasteiger partial charge in [0.2, 0.25) is 0 Å². The zero-order valence-electron chi connectivity index (χ0n) is 9.26. The summed E-state index contributed by atoms with van der Waals surface area (Å²) in [6.45, 7) is -1.76. The van der Waals surface area contributed by atoms with E-state index in [2.05, 4.69) is 4.74 Å². The Morgan fingerprint density at radius 3 is 2.50 bits per heavy atom. The second-order valence-corrected chi connectivity index (χ2v) is 3.43. The fourth-order valence-electron chi connectivity index (χ4n) is 1.50. The van der Waals surface area contributed by atoms with Gasteiger partial charge in [0, 0.05) is 0 Å². The Morgan fingerprint density at radius 2 is 2.06 bits per heavy atom. The molecule has 0 heterocycles. The zero-order valence-corrected chi connectivity index (χ0v) is 9.26. The van der Waals surface area contributed by atoms with E-state index in [9.17, 15) is 23.5 Å². The van der Waals surface area contributed by atoms with Gasteiger partial charge >= 0.3 is 12.6 Å². The number of carbonyl (C=O) groups excluding carboxylic acids is 1.